The summed E-state index contributed by atoms with van der Waals surface area (Å²) in [5.74, 6) is 2.26. The molecule has 1 rings (SSSR count). The lowest BCUT2D eigenvalue weighted by molar-refractivity contribution is 0.409. The zero-order valence-corrected chi connectivity index (χ0v) is 8.13. The second-order valence-electron chi connectivity index (χ2n) is 3.53. The lowest BCUT2D eigenvalue weighted by atomic mass is 9.88. The van der Waals surface area contributed by atoms with Gasteiger partial charge in [0.1, 0.15) is 0 Å². The fourth-order valence-electron chi connectivity index (χ4n) is 1.86. The first-order valence-electron chi connectivity index (χ1n) is 4.35. The van der Waals surface area contributed by atoms with Crippen molar-refractivity contribution in [1.82, 2.24) is 0 Å². The van der Waals surface area contributed by atoms with E-state index in [1.54, 1.807) is 0 Å². The summed E-state index contributed by atoms with van der Waals surface area (Å²) in [5, 5.41) is 0. The maximum atomic E-state index is 2.36. The molecular formula is C9H18S. The molecule has 0 saturated carbocycles. The van der Waals surface area contributed by atoms with Crippen LogP contribution in [0.15, 0.2) is 0 Å². The minimum Gasteiger partial charge on any atom is -0.155 e. The molecular weight excluding hydrogens is 140 g/mol. The summed E-state index contributed by atoms with van der Waals surface area (Å²) in [6, 6.07) is 0. The van der Waals surface area contributed by atoms with E-state index in [-0.39, 0.29) is 0 Å². The van der Waals surface area contributed by atoms with Crippen molar-refractivity contribution in [2.75, 3.05) is 5.75 Å². The van der Waals surface area contributed by atoms with E-state index in [9.17, 15) is 0 Å². The minimum atomic E-state index is 0.653. The van der Waals surface area contributed by atoms with E-state index in [0.29, 0.717) is 4.75 Å². The molecule has 10 heavy (non-hydrogen) atoms. The highest BCUT2D eigenvalue weighted by molar-refractivity contribution is 8.00. The van der Waals surface area contributed by atoms with Gasteiger partial charge >= 0.3 is 0 Å². The summed E-state index contributed by atoms with van der Waals surface area (Å²) in [6.45, 7) is 7.06. The SMILES string of the molecule is CCC1(C(C)C)CCCS1. The Labute approximate surface area is 68.8 Å². The first-order valence-corrected chi connectivity index (χ1v) is 5.34. The van der Waals surface area contributed by atoms with Gasteiger partial charge in [0.05, 0.1) is 0 Å². The zero-order chi connectivity index (χ0) is 7.61. The Bertz CT molecular complexity index is 101. The summed E-state index contributed by atoms with van der Waals surface area (Å²) in [4.78, 5) is 0. The van der Waals surface area contributed by atoms with Crippen molar-refractivity contribution in [3.05, 3.63) is 0 Å². The molecule has 0 aromatic carbocycles. The van der Waals surface area contributed by atoms with Gasteiger partial charge in [-0.25, -0.2) is 0 Å². The van der Waals surface area contributed by atoms with Crippen molar-refractivity contribution in [2.24, 2.45) is 5.92 Å². The van der Waals surface area contributed by atoms with E-state index in [1.165, 1.54) is 25.0 Å². The molecule has 1 heterocycles. The Hall–Kier alpha value is 0.350. The predicted molar refractivity (Wildman–Crippen MR) is 49.6 cm³/mol. The van der Waals surface area contributed by atoms with Crippen LogP contribution in [0.5, 0.6) is 0 Å². The lowest BCUT2D eigenvalue weighted by Crippen LogP contribution is -2.26. The van der Waals surface area contributed by atoms with Crippen LogP contribution < -0.4 is 0 Å². The molecule has 0 nitrogen and oxygen atoms in total. The Morgan fingerprint density at radius 2 is 2.20 bits per heavy atom. The smallest absolute Gasteiger partial charge is 0.0180 e. The van der Waals surface area contributed by atoms with Crippen LogP contribution in [0.4, 0.5) is 0 Å². The van der Waals surface area contributed by atoms with Gasteiger partial charge in [-0.2, -0.15) is 11.8 Å². The van der Waals surface area contributed by atoms with Gasteiger partial charge in [-0.3, -0.25) is 0 Å². The third-order valence-corrected chi connectivity index (χ3v) is 4.82. The largest absolute Gasteiger partial charge is 0.155 e. The summed E-state index contributed by atoms with van der Waals surface area (Å²) < 4.78 is 0.653. The third kappa shape index (κ3) is 1.34. The molecule has 0 aliphatic carbocycles. The molecule has 1 heteroatoms. The number of hydrogen-bond donors (Lipinski definition) is 0. The first-order chi connectivity index (χ1) is 4.71. The topological polar surface area (TPSA) is 0 Å². The van der Waals surface area contributed by atoms with Crippen LogP contribution in [-0.2, 0) is 0 Å². The highest BCUT2D eigenvalue weighted by Crippen LogP contribution is 2.45. The number of hydrogen-bond acceptors (Lipinski definition) is 1. The van der Waals surface area contributed by atoms with Crippen molar-refractivity contribution in [2.45, 2.75) is 44.8 Å². The number of rotatable bonds is 2. The van der Waals surface area contributed by atoms with E-state index in [2.05, 4.69) is 32.5 Å². The van der Waals surface area contributed by atoms with Gasteiger partial charge in [-0.05, 0) is 30.9 Å². The number of thioether (sulfide) groups is 1. The molecule has 1 unspecified atom stereocenters. The fourth-order valence-corrected chi connectivity index (χ4v) is 3.38. The van der Waals surface area contributed by atoms with Crippen molar-refractivity contribution >= 4 is 11.8 Å². The van der Waals surface area contributed by atoms with Gasteiger partial charge in [0.15, 0.2) is 0 Å². The molecule has 1 aliphatic heterocycles. The summed E-state index contributed by atoms with van der Waals surface area (Å²) in [7, 11) is 0. The standard InChI is InChI=1S/C9H18S/c1-4-9(8(2)3)6-5-7-10-9/h8H,4-7H2,1-3H3. The van der Waals surface area contributed by atoms with Gasteiger partial charge in [0.2, 0.25) is 0 Å². The van der Waals surface area contributed by atoms with Crippen molar-refractivity contribution < 1.29 is 0 Å². The molecule has 0 spiro atoms. The van der Waals surface area contributed by atoms with E-state index in [1.807, 2.05) is 0 Å². The van der Waals surface area contributed by atoms with Gasteiger partial charge in [0, 0.05) is 4.75 Å². The first kappa shape index (κ1) is 8.45. The van der Waals surface area contributed by atoms with E-state index in [0.717, 1.165) is 5.92 Å². The Morgan fingerprint density at radius 3 is 2.40 bits per heavy atom. The molecule has 60 valence electrons. The molecule has 0 amide bonds. The maximum absolute atomic E-state index is 2.36. The quantitative estimate of drug-likeness (QED) is 0.594. The minimum absolute atomic E-state index is 0.653. The molecule has 1 atom stereocenters. The molecule has 1 aliphatic rings. The Morgan fingerprint density at radius 1 is 1.50 bits per heavy atom. The van der Waals surface area contributed by atoms with Crippen LogP contribution in [-0.4, -0.2) is 10.5 Å². The lowest BCUT2D eigenvalue weighted by Gasteiger charge is -2.30. The van der Waals surface area contributed by atoms with Crippen molar-refractivity contribution in [3.8, 4) is 0 Å². The van der Waals surface area contributed by atoms with Crippen LogP contribution in [0, 0.1) is 5.92 Å². The van der Waals surface area contributed by atoms with Gasteiger partial charge in [-0.15, -0.1) is 0 Å². The summed E-state index contributed by atoms with van der Waals surface area (Å²) in [6.07, 6.45) is 4.25. The van der Waals surface area contributed by atoms with Crippen LogP contribution in [0.25, 0.3) is 0 Å². The van der Waals surface area contributed by atoms with Crippen LogP contribution >= 0.6 is 11.8 Å². The summed E-state index contributed by atoms with van der Waals surface area (Å²) >= 11 is 2.20. The molecule has 1 saturated heterocycles. The predicted octanol–water partition coefficient (Wildman–Crippen LogP) is 3.32. The van der Waals surface area contributed by atoms with E-state index < -0.39 is 0 Å². The summed E-state index contributed by atoms with van der Waals surface area (Å²) in [5.41, 5.74) is 0. The Kier molecular flexibility index (Phi) is 2.67. The van der Waals surface area contributed by atoms with Crippen LogP contribution in [0.1, 0.15) is 40.0 Å². The molecule has 0 aromatic heterocycles. The van der Waals surface area contributed by atoms with Crippen molar-refractivity contribution in [3.63, 3.8) is 0 Å². The monoisotopic (exact) mass is 158 g/mol. The molecule has 0 N–H and O–H groups in total. The zero-order valence-electron chi connectivity index (χ0n) is 7.31. The van der Waals surface area contributed by atoms with E-state index >= 15 is 0 Å². The highest BCUT2D eigenvalue weighted by Gasteiger charge is 2.35. The average Bonchev–Trinajstić information content (AvgIpc) is 2.35. The maximum Gasteiger partial charge on any atom is 0.0180 e. The van der Waals surface area contributed by atoms with Crippen LogP contribution in [0.2, 0.25) is 0 Å². The Balaban J connectivity index is 2.58. The molecule has 0 bridgehead atoms. The molecule has 0 radical (unpaired) electrons. The van der Waals surface area contributed by atoms with E-state index in [4.69, 9.17) is 0 Å². The second-order valence-corrected chi connectivity index (χ2v) is 5.04. The van der Waals surface area contributed by atoms with Gasteiger partial charge < -0.3 is 0 Å². The normalized spacial score (nSPS) is 33.6. The fraction of sp³-hybridized carbons (Fsp3) is 1.00. The molecule has 0 aromatic rings. The third-order valence-electron chi connectivity index (χ3n) is 2.78. The highest BCUT2D eigenvalue weighted by atomic mass is 32.2. The van der Waals surface area contributed by atoms with Gasteiger partial charge in [-0.1, -0.05) is 20.8 Å². The second kappa shape index (κ2) is 3.17. The van der Waals surface area contributed by atoms with Crippen LogP contribution in [0.3, 0.4) is 0 Å². The van der Waals surface area contributed by atoms with Gasteiger partial charge in [0.25, 0.3) is 0 Å². The molecule has 1 fully saturated rings. The van der Waals surface area contributed by atoms with Crippen molar-refractivity contribution in [1.29, 1.82) is 0 Å². The average molecular weight is 158 g/mol.